The largest absolute Gasteiger partial charge is 0.469 e. The van der Waals surface area contributed by atoms with Crippen LogP contribution in [0.15, 0.2) is 60.8 Å². The summed E-state index contributed by atoms with van der Waals surface area (Å²) in [6.07, 6.45) is 23.7. The number of hydrogen-bond acceptors (Lipinski definition) is 4. The van der Waals surface area contributed by atoms with Gasteiger partial charge in [-0.3, -0.25) is 4.79 Å². The Kier molecular flexibility index (Phi) is 20.1. The Balaban J connectivity index is 4.87. The minimum atomic E-state index is -1.74. The third-order valence-corrected chi connectivity index (χ3v) is 10.3. The van der Waals surface area contributed by atoms with Crippen LogP contribution in [0.3, 0.4) is 0 Å². The lowest BCUT2D eigenvalue weighted by molar-refractivity contribution is -0.140. The molecule has 0 radical (unpaired) electrons. The predicted molar refractivity (Wildman–Crippen MR) is 147 cm³/mol. The van der Waals surface area contributed by atoms with E-state index >= 15 is 0 Å². The third-order valence-electron chi connectivity index (χ3n) is 5.68. The standard InChI is InChI=1S/C29H46O4Si/c1-6-10-11-12-13-17-22-27(30)23-18-14-15-19-24-28(33-34(7-2,8-3)9-4)25-20-16-21-26-29(31)32-5/h10-11,13-17,19-20,24,27-28,30H,6-9,12,21-22,25-26H2,1-5H3/b11-10-,15-14+,17-13-,20-16-,24-19+/t27-,28-/m0/s1. The van der Waals surface area contributed by atoms with Crippen LogP contribution in [0.25, 0.3) is 0 Å². The zero-order chi connectivity index (χ0) is 25.5. The maximum Gasteiger partial charge on any atom is 0.305 e. The zero-order valence-electron chi connectivity index (χ0n) is 22.0. The molecule has 1 N–H and O–H groups in total. The number of rotatable bonds is 17. The molecule has 0 aromatic rings. The second kappa shape index (κ2) is 21.4. The number of methoxy groups -OCH3 is 1. The average molecular weight is 487 g/mol. The first kappa shape index (κ1) is 31.9. The zero-order valence-corrected chi connectivity index (χ0v) is 23.0. The van der Waals surface area contributed by atoms with Crippen LogP contribution in [0.5, 0.6) is 0 Å². The Morgan fingerprint density at radius 3 is 2.26 bits per heavy atom. The van der Waals surface area contributed by atoms with E-state index in [-0.39, 0.29) is 12.1 Å². The molecule has 0 aromatic heterocycles. The maximum absolute atomic E-state index is 11.3. The van der Waals surface area contributed by atoms with Crippen LogP contribution in [0.4, 0.5) is 0 Å². The first-order valence-corrected chi connectivity index (χ1v) is 15.2. The van der Waals surface area contributed by atoms with Gasteiger partial charge >= 0.3 is 5.97 Å². The van der Waals surface area contributed by atoms with Gasteiger partial charge in [0.1, 0.15) is 6.10 Å². The molecular formula is C29H46O4Si. The van der Waals surface area contributed by atoms with Crippen LogP contribution in [-0.4, -0.2) is 38.7 Å². The van der Waals surface area contributed by atoms with Crippen LogP contribution >= 0.6 is 0 Å². The quantitative estimate of drug-likeness (QED) is 0.0786. The van der Waals surface area contributed by atoms with E-state index in [2.05, 4.69) is 68.6 Å². The molecule has 5 heteroatoms. The lowest BCUT2D eigenvalue weighted by Gasteiger charge is -2.31. The predicted octanol–water partition coefficient (Wildman–Crippen LogP) is 7.06. The van der Waals surface area contributed by atoms with Crippen molar-refractivity contribution in [2.24, 2.45) is 0 Å². The molecule has 4 nitrogen and oxygen atoms in total. The van der Waals surface area contributed by atoms with E-state index in [0.717, 1.165) is 37.4 Å². The van der Waals surface area contributed by atoms with Crippen molar-refractivity contribution in [3.63, 3.8) is 0 Å². The van der Waals surface area contributed by atoms with Gasteiger partial charge < -0.3 is 14.3 Å². The van der Waals surface area contributed by atoms with Gasteiger partial charge in [0.05, 0.1) is 13.2 Å². The minimum absolute atomic E-state index is 0.00371. The summed E-state index contributed by atoms with van der Waals surface area (Å²) in [5.74, 6) is 5.56. The monoisotopic (exact) mass is 486 g/mol. The molecule has 0 heterocycles. The summed E-state index contributed by atoms with van der Waals surface area (Å²) in [6.45, 7) is 8.79. The van der Waals surface area contributed by atoms with Crippen molar-refractivity contribution in [1.82, 2.24) is 0 Å². The first-order chi connectivity index (χ1) is 16.5. The molecule has 2 atom stereocenters. The summed E-state index contributed by atoms with van der Waals surface area (Å²) in [6, 6.07) is 3.29. The van der Waals surface area contributed by atoms with Gasteiger partial charge in [-0.15, -0.1) is 0 Å². The number of carbonyl (C=O) groups excluding carboxylic acids is 1. The number of aliphatic hydroxyl groups excluding tert-OH is 1. The van der Waals surface area contributed by atoms with Crippen LogP contribution in [0.1, 0.15) is 66.2 Å². The molecule has 0 saturated heterocycles. The van der Waals surface area contributed by atoms with Gasteiger partial charge in [0.25, 0.3) is 0 Å². The molecule has 0 amide bonds. The average Bonchev–Trinajstić information content (AvgIpc) is 2.85. The molecule has 0 aromatic carbocycles. The molecule has 0 spiro atoms. The van der Waals surface area contributed by atoms with Crippen LogP contribution < -0.4 is 0 Å². The minimum Gasteiger partial charge on any atom is -0.469 e. The fourth-order valence-electron chi connectivity index (χ4n) is 3.30. The number of ether oxygens (including phenoxy) is 1. The molecular weight excluding hydrogens is 440 g/mol. The number of esters is 1. The number of hydrogen-bond donors (Lipinski definition) is 1. The fourth-order valence-corrected chi connectivity index (χ4v) is 6.11. The SMILES string of the molecule is CC/C=C\C/C=C\C[C@H](O)C#C/C=C/C=C/[C@@H](C/C=C\CCC(=O)OC)O[Si](CC)(CC)CC. The molecule has 0 unspecified atom stereocenters. The molecule has 0 bridgehead atoms. The highest BCUT2D eigenvalue weighted by Crippen LogP contribution is 2.25. The van der Waals surface area contributed by atoms with E-state index in [1.165, 1.54) is 7.11 Å². The van der Waals surface area contributed by atoms with Crippen molar-refractivity contribution >= 4 is 14.3 Å². The molecule has 0 rings (SSSR count). The Morgan fingerprint density at radius 2 is 1.62 bits per heavy atom. The van der Waals surface area contributed by atoms with Crippen molar-refractivity contribution in [2.45, 2.75) is 96.6 Å². The molecule has 34 heavy (non-hydrogen) atoms. The van der Waals surface area contributed by atoms with E-state index in [9.17, 15) is 9.90 Å². The van der Waals surface area contributed by atoms with Crippen molar-refractivity contribution in [2.75, 3.05) is 7.11 Å². The Labute approximate surface area is 209 Å². The molecule has 0 aliphatic rings. The molecule has 0 aliphatic carbocycles. The van der Waals surface area contributed by atoms with E-state index in [1.54, 1.807) is 6.08 Å². The van der Waals surface area contributed by atoms with Gasteiger partial charge in [0, 0.05) is 12.8 Å². The number of carbonyl (C=O) groups is 1. The summed E-state index contributed by atoms with van der Waals surface area (Å²) in [5.41, 5.74) is 0. The lowest BCUT2D eigenvalue weighted by Crippen LogP contribution is -2.39. The Bertz CT molecular complexity index is 725. The van der Waals surface area contributed by atoms with Crippen molar-refractivity contribution in [1.29, 1.82) is 0 Å². The number of allylic oxidation sites excluding steroid dienone is 7. The molecule has 0 fully saturated rings. The maximum atomic E-state index is 11.3. The summed E-state index contributed by atoms with van der Waals surface area (Å²) in [7, 11) is -0.331. The van der Waals surface area contributed by atoms with Crippen LogP contribution in [-0.2, 0) is 14.0 Å². The van der Waals surface area contributed by atoms with E-state index in [1.807, 2.05) is 30.4 Å². The van der Waals surface area contributed by atoms with Crippen molar-refractivity contribution in [3.8, 4) is 11.8 Å². The van der Waals surface area contributed by atoms with E-state index in [4.69, 9.17) is 4.43 Å². The molecule has 0 saturated carbocycles. The summed E-state index contributed by atoms with van der Waals surface area (Å²) in [5, 5.41) is 9.95. The third kappa shape index (κ3) is 16.5. The van der Waals surface area contributed by atoms with Crippen LogP contribution in [0.2, 0.25) is 18.1 Å². The highest BCUT2D eigenvalue weighted by Gasteiger charge is 2.30. The van der Waals surface area contributed by atoms with Crippen molar-refractivity contribution < 1.29 is 19.1 Å². The first-order valence-electron chi connectivity index (χ1n) is 12.7. The second-order valence-corrected chi connectivity index (χ2v) is 12.8. The van der Waals surface area contributed by atoms with Gasteiger partial charge in [-0.2, -0.15) is 0 Å². The normalized spacial score (nSPS) is 14.4. The fraction of sp³-hybridized carbons (Fsp3) is 0.552. The molecule has 190 valence electrons. The summed E-state index contributed by atoms with van der Waals surface area (Å²) >= 11 is 0. The second-order valence-electron chi connectivity index (χ2n) is 8.09. The van der Waals surface area contributed by atoms with Crippen molar-refractivity contribution in [3.05, 3.63) is 60.8 Å². The van der Waals surface area contributed by atoms with Gasteiger partial charge in [-0.1, -0.05) is 94.2 Å². The van der Waals surface area contributed by atoms with E-state index < -0.39 is 14.4 Å². The van der Waals surface area contributed by atoms with Gasteiger partial charge in [0.2, 0.25) is 0 Å². The summed E-state index contributed by atoms with van der Waals surface area (Å²) in [4.78, 5) is 11.3. The Morgan fingerprint density at radius 1 is 0.941 bits per heavy atom. The lowest BCUT2D eigenvalue weighted by atomic mass is 10.2. The molecule has 0 aliphatic heterocycles. The van der Waals surface area contributed by atoms with Gasteiger partial charge in [-0.25, -0.2) is 0 Å². The smallest absolute Gasteiger partial charge is 0.305 e. The highest BCUT2D eigenvalue weighted by molar-refractivity contribution is 6.73. The topological polar surface area (TPSA) is 55.8 Å². The van der Waals surface area contributed by atoms with Gasteiger partial charge in [-0.05, 0) is 49.9 Å². The Hall–Kier alpha value is -2.13. The van der Waals surface area contributed by atoms with E-state index in [0.29, 0.717) is 19.3 Å². The number of aliphatic hydroxyl groups is 1. The van der Waals surface area contributed by atoms with Gasteiger partial charge in [0.15, 0.2) is 8.32 Å². The van der Waals surface area contributed by atoms with Crippen LogP contribution in [0, 0.1) is 11.8 Å². The highest BCUT2D eigenvalue weighted by atomic mass is 28.4. The summed E-state index contributed by atoms with van der Waals surface area (Å²) < 4.78 is 11.3.